The maximum Gasteiger partial charge on any atom is 0.226 e. The molecule has 0 aliphatic heterocycles. The number of hydrogen-bond donors (Lipinski definition) is 2. The fraction of sp³-hybridized carbons (Fsp3) is 0.278. The number of aliphatic imine (C=N–C) groups is 1. The van der Waals surface area contributed by atoms with Crippen LogP contribution in [-0.2, 0) is 13.1 Å². The van der Waals surface area contributed by atoms with Crippen LogP contribution >= 0.6 is 24.0 Å². The second-order valence-corrected chi connectivity index (χ2v) is 5.54. The summed E-state index contributed by atoms with van der Waals surface area (Å²) in [5.74, 6) is 2.70. The van der Waals surface area contributed by atoms with Crippen LogP contribution < -0.4 is 10.6 Å². The van der Waals surface area contributed by atoms with Crippen molar-refractivity contribution in [1.29, 1.82) is 0 Å². The topological polar surface area (TPSA) is 88.5 Å². The Morgan fingerprint density at radius 3 is 2.46 bits per heavy atom. The van der Waals surface area contributed by atoms with Crippen LogP contribution in [0, 0.1) is 13.8 Å². The van der Waals surface area contributed by atoms with Crippen LogP contribution in [0.5, 0.6) is 0 Å². The smallest absolute Gasteiger partial charge is 0.226 e. The second-order valence-electron chi connectivity index (χ2n) is 5.54. The van der Waals surface area contributed by atoms with Crippen molar-refractivity contribution >= 4 is 29.9 Å². The average molecular weight is 467 g/mol. The van der Waals surface area contributed by atoms with Crippen LogP contribution in [0.3, 0.4) is 0 Å². The van der Waals surface area contributed by atoms with Crippen molar-refractivity contribution < 1.29 is 8.83 Å². The largest absolute Gasteiger partial charge is 0.444 e. The third kappa shape index (κ3) is 5.07. The predicted octanol–water partition coefficient (Wildman–Crippen LogP) is 3.43. The van der Waals surface area contributed by atoms with Crippen molar-refractivity contribution in [3.8, 4) is 11.5 Å². The van der Waals surface area contributed by atoms with E-state index in [1.54, 1.807) is 13.3 Å². The Morgan fingerprint density at radius 1 is 1.08 bits per heavy atom. The van der Waals surface area contributed by atoms with E-state index in [0.717, 1.165) is 22.7 Å². The van der Waals surface area contributed by atoms with Crippen molar-refractivity contribution in [2.45, 2.75) is 26.9 Å². The molecule has 0 spiro atoms. The van der Waals surface area contributed by atoms with Crippen LogP contribution in [0.1, 0.15) is 23.0 Å². The van der Waals surface area contributed by atoms with Gasteiger partial charge in [-0.05, 0) is 26.0 Å². The van der Waals surface area contributed by atoms with Gasteiger partial charge < -0.3 is 19.5 Å². The van der Waals surface area contributed by atoms with Gasteiger partial charge in [0.1, 0.15) is 12.0 Å². The van der Waals surface area contributed by atoms with Gasteiger partial charge in [0.05, 0.1) is 24.5 Å². The van der Waals surface area contributed by atoms with Gasteiger partial charge in [-0.15, -0.1) is 24.0 Å². The van der Waals surface area contributed by atoms with Crippen LogP contribution in [0.2, 0.25) is 0 Å². The van der Waals surface area contributed by atoms with Crippen LogP contribution in [0.15, 0.2) is 50.4 Å². The molecule has 0 unspecified atom stereocenters. The molecule has 0 amide bonds. The van der Waals surface area contributed by atoms with E-state index in [2.05, 4.69) is 25.6 Å². The van der Waals surface area contributed by atoms with Crippen molar-refractivity contribution in [2.24, 2.45) is 4.99 Å². The highest BCUT2D eigenvalue weighted by Gasteiger charge is 2.08. The number of nitrogens with zero attached hydrogens (tertiary/aromatic N) is 3. The third-order valence-corrected chi connectivity index (χ3v) is 3.71. The first-order valence-corrected chi connectivity index (χ1v) is 8.03. The minimum Gasteiger partial charge on any atom is -0.444 e. The normalized spacial score (nSPS) is 11.1. The number of nitrogens with one attached hydrogen (secondary N) is 2. The van der Waals surface area contributed by atoms with Crippen LogP contribution in [-0.4, -0.2) is 23.0 Å². The monoisotopic (exact) mass is 467 g/mol. The Hall–Kier alpha value is -2.36. The molecule has 1 aromatic carbocycles. The Kier molecular flexibility index (Phi) is 7.19. The quantitative estimate of drug-likeness (QED) is 0.340. The lowest BCUT2D eigenvalue weighted by Gasteiger charge is -2.08. The molecule has 3 rings (SSSR count). The summed E-state index contributed by atoms with van der Waals surface area (Å²) in [6.07, 6.45) is 1.64. The van der Waals surface area contributed by atoms with Gasteiger partial charge in [0, 0.05) is 12.6 Å². The third-order valence-electron chi connectivity index (χ3n) is 3.71. The summed E-state index contributed by atoms with van der Waals surface area (Å²) in [7, 11) is 1.71. The summed E-state index contributed by atoms with van der Waals surface area (Å²) in [4.78, 5) is 13.0. The lowest BCUT2D eigenvalue weighted by molar-refractivity contribution is 0.463. The number of guanidine groups is 1. The predicted molar refractivity (Wildman–Crippen MR) is 110 cm³/mol. The van der Waals surface area contributed by atoms with Crippen molar-refractivity contribution in [3.63, 3.8) is 0 Å². The molecule has 2 N–H and O–H groups in total. The average Bonchev–Trinajstić information content (AvgIpc) is 3.23. The lowest BCUT2D eigenvalue weighted by Crippen LogP contribution is -2.36. The molecule has 0 aliphatic carbocycles. The highest BCUT2D eigenvalue weighted by Crippen LogP contribution is 2.17. The molecule has 3 aromatic rings. The summed E-state index contributed by atoms with van der Waals surface area (Å²) in [5.41, 5.74) is 2.64. The van der Waals surface area contributed by atoms with Crippen molar-refractivity contribution in [3.05, 3.63) is 59.6 Å². The number of halogens is 1. The number of oxazole rings is 2. The lowest BCUT2D eigenvalue weighted by atomic mass is 10.2. The fourth-order valence-corrected chi connectivity index (χ4v) is 2.27. The maximum absolute atomic E-state index is 5.54. The first kappa shape index (κ1) is 20.0. The highest BCUT2D eigenvalue weighted by molar-refractivity contribution is 14.0. The van der Waals surface area contributed by atoms with Gasteiger partial charge in [-0.2, -0.15) is 0 Å². The SMILES string of the molecule is CN=C(NCc1coc(-c2ccccc2)n1)NCc1nc(C)c(C)o1.I. The Balaban J connectivity index is 0.00000243. The molecule has 0 bridgehead atoms. The molecule has 7 nitrogen and oxygen atoms in total. The van der Waals surface area contributed by atoms with Gasteiger partial charge in [0.2, 0.25) is 11.8 Å². The van der Waals surface area contributed by atoms with Gasteiger partial charge in [-0.1, -0.05) is 18.2 Å². The summed E-state index contributed by atoms with van der Waals surface area (Å²) < 4.78 is 11.1. The molecule has 0 fully saturated rings. The Morgan fingerprint density at radius 2 is 1.81 bits per heavy atom. The van der Waals surface area contributed by atoms with E-state index in [9.17, 15) is 0 Å². The van der Waals surface area contributed by atoms with Gasteiger partial charge in [-0.3, -0.25) is 4.99 Å². The molecule has 0 saturated carbocycles. The Labute approximate surface area is 169 Å². The zero-order valence-electron chi connectivity index (χ0n) is 14.9. The van der Waals surface area contributed by atoms with E-state index in [1.165, 1.54) is 0 Å². The molecule has 8 heteroatoms. The van der Waals surface area contributed by atoms with E-state index < -0.39 is 0 Å². The van der Waals surface area contributed by atoms with Gasteiger partial charge in [-0.25, -0.2) is 9.97 Å². The summed E-state index contributed by atoms with van der Waals surface area (Å²) >= 11 is 0. The molecule has 0 saturated heterocycles. The van der Waals surface area contributed by atoms with E-state index in [4.69, 9.17) is 8.83 Å². The van der Waals surface area contributed by atoms with Crippen molar-refractivity contribution in [2.75, 3.05) is 7.05 Å². The minimum atomic E-state index is 0. The van der Waals surface area contributed by atoms with Crippen LogP contribution in [0.25, 0.3) is 11.5 Å². The number of aryl methyl sites for hydroxylation is 2. The highest BCUT2D eigenvalue weighted by atomic mass is 127. The van der Waals surface area contributed by atoms with E-state index in [0.29, 0.717) is 30.8 Å². The van der Waals surface area contributed by atoms with E-state index in [-0.39, 0.29) is 24.0 Å². The number of rotatable bonds is 5. The van der Waals surface area contributed by atoms with Gasteiger partial charge in [0.15, 0.2) is 5.96 Å². The fourth-order valence-electron chi connectivity index (χ4n) is 2.27. The van der Waals surface area contributed by atoms with Gasteiger partial charge in [0.25, 0.3) is 0 Å². The molecule has 2 aromatic heterocycles. The summed E-state index contributed by atoms with van der Waals surface area (Å²) in [5, 5.41) is 6.35. The molecule has 0 aliphatic rings. The zero-order chi connectivity index (χ0) is 17.6. The van der Waals surface area contributed by atoms with E-state index in [1.807, 2.05) is 44.2 Å². The zero-order valence-corrected chi connectivity index (χ0v) is 17.3. The first-order valence-electron chi connectivity index (χ1n) is 8.03. The molecular formula is C18H22IN5O2. The minimum absolute atomic E-state index is 0. The number of hydrogen-bond acceptors (Lipinski definition) is 5. The molecule has 138 valence electrons. The standard InChI is InChI=1S/C18H21N5O2.HI/c1-12-13(2)25-16(22-12)10-21-18(19-3)20-9-15-11-24-17(23-15)14-7-5-4-6-8-14;/h4-8,11H,9-10H2,1-3H3,(H2,19,20,21);1H. The van der Waals surface area contributed by atoms with Crippen molar-refractivity contribution in [1.82, 2.24) is 20.6 Å². The first-order chi connectivity index (χ1) is 12.2. The molecule has 26 heavy (non-hydrogen) atoms. The van der Waals surface area contributed by atoms with Crippen LogP contribution in [0.4, 0.5) is 0 Å². The molecule has 0 atom stereocenters. The maximum atomic E-state index is 5.54. The number of aromatic nitrogens is 2. The molecule has 2 heterocycles. The molecule has 0 radical (unpaired) electrons. The molecular weight excluding hydrogens is 445 g/mol. The van der Waals surface area contributed by atoms with E-state index >= 15 is 0 Å². The summed E-state index contributed by atoms with van der Waals surface area (Å²) in [6, 6.07) is 9.79. The summed E-state index contributed by atoms with van der Waals surface area (Å²) in [6.45, 7) is 4.78. The number of benzene rings is 1. The van der Waals surface area contributed by atoms with Gasteiger partial charge >= 0.3 is 0 Å². The Bertz CT molecular complexity index is 838. The second kappa shape index (κ2) is 9.37.